The topological polar surface area (TPSA) is 103 Å². The normalized spacial score (nSPS) is 23.6. The van der Waals surface area contributed by atoms with Gasteiger partial charge in [-0.2, -0.15) is 15.0 Å². The second-order valence-electron chi connectivity index (χ2n) is 4.00. The van der Waals surface area contributed by atoms with Crippen LogP contribution >= 0.6 is 0 Å². The van der Waals surface area contributed by atoms with Gasteiger partial charge in [-0.1, -0.05) is 0 Å². The molecule has 2 heterocycles. The minimum atomic E-state index is -0.673. The summed E-state index contributed by atoms with van der Waals surface area (Å²) in [6, 6.07) is 0.464. The van der Waals surface area contributed by atoms with Gasteiger partial charge in [-0.05, 0) is 19.8 Å². The third kappa shape index (κ3) is 3.52. The molecule has 0 aromatic carbocycles. The molecule has 1 fully saturated rings. The molecule has 8 heteroatoms. The van der Waals surface area contributed by atoms with Gasteiger partial charge in [-0.25, -0.2) is 0 Å². The molecule has 2 rings (SSSR count). The summed E-state index contributed by atoms with van der Waals surface area (Å²) in [5.41, 5.74) is 5.59. The van der Waals surface area contributed by atoms with Crippen LogP contribution in [0.4, 0.5) is 11.9 Å². The number of nitrogen functional groups attached to an aromatic ring is 1. The molecule has 0 spiro atoms. The molecule has 0 radical (unpaired) electrons. The molecule has 18 heavy (non-hydrogen) atoms. The van der Waals surface area contributed by atoms with Crippen LogP contribution in [0.3, 0.4) is 0 Å². The van der Waals surface area contributed by atoms with Crippen molar-refractivity contribution in [2.75, 3.05) is 29.2 Å². The predicted molar refractivity (Wildman–Crippen MR) is 69.9 cm³/mol. The second kappa shape index (κ2) is 5.94. The minimum Gasteiger partial charge on any atom is -0.464 e. The van der Waals surface area contributed by atoms with Gasteiger partial charge in [0.15, 0.2) is 0 Å². The molecule has 0 atom stereocenters. The van der Waals surface area contributed by atoms with E-state index in [4.69, 9.17) is 10.5 Å². The molecule has 7 nitrogen and oxygen atoms in total. The van der Waals surface area contributed by atoms with Gasteiger partial charge < -0.3 is 15.8 Å². The van der Waals surface area contributed by atoms with Crippen molar-refractivity contribution in [2.45, 2.75) is 25.8 Å². The molecule has 0 bridgehead atoms. The minimum absolute atomic E-state index is 0.135. The number of aromatic nitrogens is 3. The van der Waals surface area contributed by atoms with Gasteiger partial charge in [0, 0.05) is 28.3 Å². The number of hydrogen-bond donors (Lipinski definition) is 2. The summed E-state index contributed by atoms with van der Waals surface area (Å²) in [6.07, 6.45) is 1.70. The number of hydrogen-bond acceptors (Lipinski definition) is 7. The van der Waals surface area contributed by atoms with Gasteiger partial charge in [-0.15, -0.1) is 0 Å². The maximum Gasteiger partial charge on any atom is 0.323 e. The van der Waals surface area contributed by atoms with Crippen LogP contribution in [0.5, 0.6) is 6.01 Å². The number of nitrogens with one attached hydrogen (secondary N) is 1. The lowest BCUT2D eigenvalue weighted by Crippen LogP contribution is -2.30. The quantitative estimate of drug-likeness (QED) is 0.804. The first-order valence-corrected chi connectivity index (χ1v) is 7.42. The van der Waals surface area contributed by atoms with Crippen molar-refractivity contribution in [3.05, 3.63) is 0 Å². The summed E-state index contributed by atoms with van der Waals surface area (Å²) in [5, 5.41) is 3.18. The fourth-order valence-electron chi connectivity index (χ4n) is 1.75. The molecule has 1 aliphatic rings. The van der Waals surface area contributed by atoms with Crippen LogP contribution in [0.15, 0.2) is 0 Å². The molecule has 1 saturated heterocycles. The van der Waals surface area contributed by atoms with E-state index in [0.29, 0.717) is 12.6 Å². The highest BCUT2D eigenvalue weighted by Gasteiger charge is 2.19. The van der Waals surface area contributed by atoms with E-state index in [1.165, 1.54) is 0 Å². The maximum absolute atomic E-state index is 11.3. The van der Waals surface area contributed by atoms with Gasteiger partial charge >= 0.3 is 6.01 Å². The van der Waals surface area contributed by atoms with Crippen LogP contribution in [0.2, 0.25) is 0 Å². The van der Waals surface area contributed by atoms with Crippen LogP contribution in [0.25, 0.3) is 0 Å². The summed E-state index contributed by atoms with van der Waals surface area (Å²) in [4.78, 5) is 12.0. The van der Waals surface area contributed by atoms with Gasteiger partial charge in [0.1, 0.15) is 0 Å². The summed E-state index contributed by atoms with van der Waals surface area (Å²) in [5.74, 6) is 1.99. The molecule has 0 unspecified atom stereocenters. The molecular formula is C10H17N5O2S. The van der Waals surface area contributed by atoms with E-state index >= 15 is 0 Å². The fraction of sp³-hybridized carbons (Fsp3) is 0.700. The van der Waals surface area contributed by atoms with Gasteiger partial charge in [0.2, 0.25) is 11.9 Å². The van der Waals surface area contributed by atoms with E-state index in [1.54, 1.807) is 0 Å². The zero-order valence-electron chi connectivity index (χ0n) is 10.3. The van der Waals surface area contributed by atoms with Crippen LogP contribution in [-0.4, -0.2) is 43.3 Å². The maximum atomic E-state index is 11.3. The Morgan fingerprint density at radius 2 is 2.11 bits per heavy atom. The predicted octanol–water partition coefficient (Wildman–Crippen LogP) is 0.175. The summed E-state index contributed by atoms with van der Waals surface area (Å²) < 4.78 is 16.5. The molecule has 3 N–H and O–H groups in total. The van der Waals surface area contributed by atoms with Crippen LogP contribution in [-0.2, 0) is 10.8 Å². The SMILES string of the molecule is CCOc1nc(N)nc(NC2CCS(=O)CC2)n1. The average molecular weight is 271 g/mol. The Labute approximate surface area is 108 Å². The standard InChI is InChI=1S/C10H17N5O2S/c1-2-17-10-14-8(11)13-9(15-10)12-7-3-5-18(16)6-4-7/h7H,2-6H2,1H3,(H3,11,12,13,14,15). The highest BCUT2D eigenvalue weighted by Crippen LogP contribution is 2.15. The van der Waals surface area contributed by atoms with Crippen molar-refractivity contribution in [3.8, 4) is 6.01 Å². The van der Waals surface area contributed by atoms with Crippen LogP contribution < -0.4 is 15.8 Å². The van der Waals surface area contributed by atoms with E-state index in [1.807, 2.05) is 6.92 Å². The van der Waals surface area contributed by atoms with E-state index in [2.05, 4.69) is 20.3 Å². The van der Waals surface area contributed by atoms with E-state index < -0.39 is 10.8 Å². The van der Waals surface area contributed by atoms with Gasteiger partial charge in [0.25, 0.3) is 0 Å². The Morgan fingerprint density at radius 1 is 1.39 bits per heavy atom. The largest absolute Gasteiger partial charge is 0.464 e. The van der Waals surface area contributed by atoms with Crippen molar-refractivity contribution < 1.29 is 8.95 Å². The number of nitrogens with two attached hydrogens (primary N) is 1. The van der Waals surface area contributed by atoms with Crippen molar-refractivity contribution in [3.63, 3.8) is 0 Å². The van der Waals surface area contributed by atoms with E-state index in [-0.39, 0.29) is 18.0 Å². The third-order valence-electron chi connectivity index (χ3n) is 2.63. The monoisotopic (exact) mass is 271 g/mol. The number of anilines is 2. The second-order valence-corrected chi connectivity index (χ2v) is 5.70. The van der Waals surface area contributed by atoms with Gasteiger partial charge in [0.05, 0.1) is 6.61 Å². The average Bonchev–Trinajstić information content (AvgIpc) is 2.32. The lowest BCUT2D eigenvalue weighted by Gasteiger charge is -2.22. The highest BCUT2D eigenvalue weighted by molar-refractivity contribution is 7.85. The van der Waals surface area contributed by atoms with Gasteiger partial charge in [-0.3, -0.25) is 4.21 Å². The van der Waals surface area contributed by atoms with Crippen molar-refractivity contribution in [1.82, 2.24) is 15.0 Å². The Hall–Kier alpha value is -1.44. The van der Waals surface area contributed by atoms with E-state index in [0.717, 1.165) is 24.3 Å². The molecule has 1 aromatic rings. The molecular weight excluding hydrogens is 254 g/mol. The first kappa shape index (κ1) is 13.0. The molecule has 0 aliphatic carbocycles. The molecule has 1 aromatic heterocycles. The fourth-order valence-corrected chi connectivity index (χ4v) is 3.05. The van der Waals surface area contributed by atoms with Crippen molar-refractivity contribution in [2.24, 2.45) is 0 Å². The van der Waals surface area contributed by atoms with E-state index in [9.17, 15) is 4.21 Å². The zero-order chi connectivity index (χ0) is 13.0. The number of nitrogens with zero attached hydrogens (tertiary/aromatic N) is 3. The van der Waals surface area contributed by atoms with Crippen LogP contribution in [0, 0.1) is 0 Å². The first-order valence-electron chi connectivity index (χ1n) is 5.93. The Kier molecular flexibility index (Phi) is 4.29. The molecule has 0 saturated carbocycles. The third-order valence-corrected chi connectivity index (χ3v) is 4.01. The number of rotatable bonds is 4. The highest BCUT2D eigenvalue weighted by atomic mass is 32.2. The molecule has 100 valence electrons. The lowest BCUT2D eigenvalue weighted by molar-refractivity contribution is 0.312. The Balaban J connectivity index is 2.02. The Morgan fingerprint density at radius 3 is 2.78 bits per heavy atom. The van der Waals surface area contributed by atoms with Crippen molar-refractivity contribution >= 4 is 22.7 Å². The first-order chi connectivity index (χ1) is 8.67. The van der Waals surface area contributed by atoms with Crippen molar-refractivity contribution in [1.29, 1.82) is 0 Å². The van der Waals surface area contributed by atoms with Crippen LogP contribution in [0.1, 0.15) is 19.8 Å². The molecule has 0 amide bonds. The zero-order valence-corrected chi connectivity index (χ0v) is 11.1. The molecule has 1 aliphatic heterocycles. The summed E-state index contributed by atoms with van der Waals surface area (Å²) in [7, 11) is -0.673. The summed E-state index contributed by atoms with van der Waals surface area (Å²) in [6.45, 7) is 2.33. The Bertz CT molecular complexity index is 432. The smallest absolute Gasteiger partial charge is 0.323 e. The summed E-state index contributed by atoms with van der Waals surface area (Å²) >= 11 is 0. The number of ether oxygens (including phenoxy) is 1. The lowest BCUT2D eigenvalue weighted by atomic mass is 10.2.